The van der Waals surface area contributed by atoms with Crippen LogP contribution in [0.2, 0.25) is 0 Å². The number of phosphoric ester groups is 2. The maximum atomic E-state index is 13.1. The summed E-state index contributed by atoms with van der Waals surface area (Å²) in [5.74, 6) is -0.565. The fourth-order valence-electron chi connectivity index (χ4n) is 13.1. The Balaban J connectivity index is 5.23. The summed E-state index contributed by atoms with van der Waals surface area (Å²) in [6, 6.07) is 0. The Hall–Kier alpha value is -1.94. The highest BCUT2D eigenvalue weighted by Crippen LogP contribution is 2.45. The van der Waals surface area contributed by atoms with Crippen LogP contribution in [0.4, 0.5) is 0 Å². The molecule has 0 aromatic heterocycles. The van der Waals surface area contributed by atoms with E-state index >= 15 is 0 Å². The minimum absolute atomic E-state index is 0.107. The fraction of sp³-hybridized carbons (Fsp3) is 0.952. The maximum absolute atomic E-state index is 13.1. The molecule has 0 spiro atoms. The third kappa shape index (κ3) is 78.0. The van der Waals surface area contributed by atoms with E-state index in [1.807, 2.05) is 0 Å². The van der Waals surface area contributed by atoms with Crippen LogP contribution in [0.3, 0.4) is 0 Å². The molecule has 19 heteroatoms. The molecular weight excluding hydrogens is 1340 g/mol. The summed E-state index contributed by atoms with van der Waals surface area (Å²) in [5, 5.41) is 10.7. The highest BCUT2D eigenvalue weighted by molar-refractivity contribution is 7.47. The number of phosphoric acid groups is 2. The highest BCUT2D eigenvalue weighted by atomic mass is 31.2. The lowest BCUT2D eigenvalue weighted by Crippen LogP contribution is -2.30. The maximum Gasteiger partial charge on any atom is 0.472 e. The summed E-state index contributed by atoms with van der Waals surface area (Å²) in [6.07, 6.45) is 66.7. The predicted molar refractivity (Wildman–Crippen MR) is 423 cm³/mol. The molecule has 2 unspecified atom stereocenters. The van der Waals surface area contributed by atoms with Crippen LogP contribution in [0.15, 0.2) is 0 Å². The summed E-state index contributed by atoms with van der Waals surface area (Å²) in [7, 11) is -9.92. The van der Waals surface area contributed by atoms with E-state index in [0.29, 0.717) is 25.7 Å². The normalized spacial score (nSPS) is 13.9. The lowest BCUT2D eigenvalue weighted by molar-refractivity contribution is -0.161. The molecule has 3 N–H and O–H groups in total. The van der Waals surface area contributed by atoms with Gasteiger partial charge in [0.1, 0.15) is 19.3 Å². The third-order valence-corrected chi connectivity index (χ3v) is 21.6. The van der Waals surface area contributed by atoms with E-state index in [1.165, 1.54) is 263 Å². The average Bonchev–Trinajstić information content (AvgIpc) is 0.924. The molecule has 0 fully saturated rings. The van der Waals surface area contributed by atoms with Crippen LogP contribution in [-0.2, 0) is 65.4 Å². The van der Waals surface area contributed by atoms with Gasteiger partial charge in [0.05, 0.1) is 26.4 Å². The van der Waals surface area contributed by atoms with Crippen molar-refractivity contribution < 1.29 is 80.2 Å². The van der Waals surface area contributed by atoms with Gasteiger partial charge in [-0.2, -0.15) is 0 Å². The second-order valence-corrected chi connectivity index (χ2v) is 34.1. The zero-order chi connectivity index (χ0) is 75.6. The van der Waals surface area contributed by atoms with Crippen molar-refractivity contribution in [3.8, 4) is 0 Å². The molecule has 0 aliphatic carbocycles. The van der Waals surface area contributed by atoms with Crippen LogP contribution in [0.5, 0.6) is 0 Å². The number of carbonyl (C=O) groups excluding carboxylic acids is 4. The number of rotatable bonds is 83. The van der Waals surface area contributed by atoms with Crippen LogP contribution in [0.25, 0.3) is 0 Å². The van der Waals surface area contributed by atoms with Gasteiger partial charge in [0, 0.05) is 25.7 Å². The number of hydrogen-bond acceptors (Lipinski definition) is 15. The standard InChI is InChI=1S/C84H164O17P2/c1-7-9-11-13-15-17-19-21-22-23-24-25-26-31-35-39-43-51-57-63-69-84(89)100-79(72-94-81(86)66-60-54-48-41-37-34-30-28-27-29-33-36-40-46-52-58-64-76(3)4)74-98-102(90,91)96-70-78(85)71-97-103(92,93)99-75-80(73-95-82(87)67-61-55-49-45-44-47-53-59-65-77(5)6)101-83(88)68-62-56-50-42-38-32-20-18-16-14-12-10-8-2/h76-80,85H,7-75H2,1-6H3,(H,90,91)(H,92,93)/t78-,79-,80-/m1/s1. The largest absolute Gasteiger partial charge is 0.472 e. The number of aliphatic hydroxyl groups is 1. The van der Waals surface area contributed by atoms with E-state index in [9.17, 15) is 43.2 Å². The van der Waals surface area contributed by atoms with Gasteiger partial charge in [0.2, 0.25) is 0 Å². The van der Waals surface area contributed by atoms with Crippen LogP contribution >= 0.6 is 15.6 Å². The monoisotopic (exact) mass is 1510 g/mol. The van der Waals surface area contributed by atoms with Crippen molar-refractivity contribution in [3.63, 3.8) is 0 Å². The SMILES string of the molecule is CCCCCCCCCCCCCCCCCCCCCCC(=O)O[C@H](COC(=O)CCCCCCCCCCCCCCCCCCC(C)C)COP(=O)(O)OC[C@@H](O)COP(=O)(O)OC[C@@H](COC(=O)CCCCCCCCCCC(C)C)OC(=O)CCCCCCCCCCCCCCC. The van der Waals surface area contributed by atoms with Crippen molar-refractivity contribution in [2.45, 2.75) is 464 Å². The van der Waals surface area contributed by atoms with Gasteiger partial charge in [-0.25, -0.2) is 9.13 Å². The smallest absolute Gasteiger partial charge is 0.462 e. The average molecular weight is 1510 g/mol. The van der Waals surface area contributed by atoms with Crippen LogP contribution in [-0.4, -0.2) is 96.7 Å². The van der Waals surface area contributed by atoms with Gasteiger partial charge >= 0.3 is 39.5 Å². The summed E-state index contributed by atoms with van der Waals surface area (Å²) in [6.45, 7) is 9.65. The lowest BCUT2D eigenvalue weighted by Gasteiger charge is -2.21. The van der Waals surface area contributed by atoms with Gasteiger partial charge in [-0.1, -0.05) is 395 Å². The zero-order valence-electron chi connectivity index (χ0n) is 67.6. The second-order valence-electron chi connectivity index (χ2n) is 31.2. The molecule has 0 radical (unpaired) electrons. The molecule has 5 atom stereocenters. The van der Waals surface area contributed by atoms with Gasteiger partial charge in [0.15, 0.2) is 12.2 Å². The van der Waals surface area contributed by atoms with Crippen molar-refractivity contribution in [3.05, 3.63) is 0 Å². The molecule has 103 heavy (non-hydrogen) atoms. The number of ether oxygens (including phenoxy) is 4. The van der Waals surface area contributed by atoms with Crippen LogP contribution < -0.4 is 0 Å². The van der Waals surface area contributed by atoms with Crippen molar-refractivity contribution in [2.75, 3.05) is 39.6 Å². The molecule has 0 aliphatic rings. The van der Waals surface area contributed by atoms with Crippen molar-refractivity contribution in [1.82, 2.24) is 0 Å². The molecule has 0 heterocycles. The van der Waals surface area contributed by atoms with E-state index in [0.717, 1.165) is 102 Å². The number of hydrogen-bond donors (Lipinski definition) is 3. The third-order valence-electron chi connectivity index (χ3n) is 19.7. The summed E-state index contributed by atoms with van der Waals surface area (Å²) >= 11 is 0. The van der Waals surface area contributed by atoms with Crippen molar-refractivity contribution in [1.29, 1.82) is 0 Å². The van der Waals surface area contributed by atoms with E-state index < -0.39 is 97.5 Å². The molecule has 0 amide bonds. The Labute approximate surface area is 632 Å². The molecule has 0 aromatic rings. The van der Waals surface area contributed by atoms with Crippen LogP contribution in [0.1, 0.15) is 446 Å². The first kappa shape index (κ1) is 101. The Bertz CT molecular complexity index is 1980. The topological polar surface area (TPSA) is 237 Å². The minimum Gasteiger partial charge on any atom is -0.462 e. The predicted octanol–water partition coefficient (Wildman–Crippen LogP) is 25.5. The van der Waals surface area contributed by atoms with Gasteiger partial charge in [-0.3, -0.25) is 37.3 Å². The Morgan fingerprint density at radius 2 is 0.447 bits per heavy atom. The fourth-order valence-corrected chi connectivity index (χ4v) is 14.6. The minimum atomic E-state index is -4.96. The molecule has 0 aromatic carbocycles. The van der Waals surface area contributed by atoms with E-state index in [4.69, 9.17) is 37.0 Å². The van der Waals surface area contributed by atoms with Crippen LogP contribution in [0, 0.1) is 11.8 Å². The molecule has 0 aliphatic heterocycles. The van der Waals surface area contributed by atoms with Gasteiger partial charge < -0.3 is 33.8 Å². The van der Waals surface area contributed by atoms with E-state index in [-0.39, 0.29) is 25.7 Å². The molecule has 0 saturated heterocycles. The molecule has 17 nitrogen and oxygen atoms in total. The Morgan fingerprint density at radius 3 is 0.660 bits per heavy atom. The van der Waals surface area contributed by atoms with Gasteiger partial charge in [-0.15, -0.1) is 0 Å². The number of unbranched alkanes of at least 4 members (excludes halogenated alkanes) is 53. The summed E-state index contributed by atoms with van der Waals surface area (Å²) in [5.41, 5.74) is 0. The molecule has 612 valence electrons. The number of aliphatic hydroxyl groups excluding tert-OH is 1. The summed E-state index contributed by atoms with van der Waals surface area (Å²) < 4.78 is 68.8. The van der Waals surface area contributed by atoms with Crippen molar-refractivity contribution >= 4 is 39.5 Å². The molecular formula is C84H164O17P2. The van der Waals surface area contributed by atoms with E-state index in [2.05, 4.69) is 41.5 Å². The van der Waals surface area contributed by atoms with Gasteiger partial charge in [0.25, 0.3) is 0 Å². The number of carbonyl (C=O) groups is 4. The molecule has 0 bridgehead atoms. The number of esters is 4. The molecule has 0 saturated carbocycles. The second kappa shape index (κ2) is 75.5. The quantitative estimate of drug-likeness (QED) is 0.0222. The van der Waals surface area contributed by atoms with Gasteiger partial charge in [-0.05, 0) is 37.5 Å². The summed E-state index contributed by atoms with van der Waals surface area (Å²) in [4.78, 5) is 73.1. The highest BCUT2D eigenvalue weighted by Gasteiger charge is 2.30. The Morgan fingerprint density at radius 1 is 0.262 bits per heavy atom. The first-order chi connectivity index (χ1) is 49.9. The molecule has 0 rings (SSSR count). The van der Waals surface area contributed by atoms with E-state index in [1.54, 1.807) is 0 Å². The zero-order valence-corrected chi connectivity index (χ0v) is 69.4. The first-order valence-corrected chi connectivity index (χ1v) is 46.5. The Kier molecular flexibility index (Phi) is 74.1. The lowest BCUT2D eigenvalue weighted by atomic mass is 10.0. The first-order valence-electron chi connectivity index (χ1n) is 43.5. The van der Waals surface area contributed by atoms with Crippen molar-refractivity contribution in [2.24, 2.45) is 11.8 Å².